The molecule has 0 radical (unpaired) electrons. The van der Waals surface area contributed by atoms with Gasteiger partial charge in [-0.2, -0.15) is 0 Å². The quantitative estimate of drug-likeness (QED) is 0.776. The standard InChI is InChI=1S/C12H9F2N3OS/c1-5-4-6-10(15)16-11(17-12(6)19-5)8-3-2-7(18-8)9(13)14/h2-4,9H,1H3,(H2,15,16,17). The summed E-state index contributed by atoms with van der Waals surface area (Å²) in [6.07, 6.45) is -2.65. The smallest absolute Gasteiger partial charge is 0.295 e. The summed E-state index contributed by atoms with van der Waals surface area (Å²) in [4.78, 5) is 10.2. The predicted octanol–water partition coefficient (Wildman–Crippen LogP) is 3.78. The molecule has 19 heavy (non-hydrogen) atoms. The van der Waals surface area contributed by atoms with E-state index < -0.39 is 12.2 Å². The minimum atomic E-state index is -2.65. The first-order valence-electron chi connectivity index (χ1n) is 5.46. The summed E-state index contributed by atoms with van der Waals surface area (Å²) in [6.45, 7) is 1.94. The highest BCUT2D eigenvalue weighted by molar-refractivity contribution is 7.18. The number of halogens is 2. The van der Waals surface area contributed by atoms with E-state index in [1.807, 2.05) is 13.0 Å². The molecule has 3 heterocycles. The van der Waals surface area contributed by atoms with Crippen LogP contribution in [-0.2, 0) is 0 Å². The van der Waals surface area contributed by atoms with E-state index >= 15 is 0 Å². The first-order chi connectivity index (χ1) is 9.04. The largest absolute Gasteiger partial charge is 0.452 e. The lowest BCUT2D eigenvalue weighted by Crippen LogP contribution is -1.95. The number of hydrogen-bond donors (Lipinski definition) is 1. The summed E-state index contributed by atoms with van der Waals surface area (Å²) in [7, 11) is 0. The number of furan rings is 1. The Kier molecular flexibility index (Phi) is 2.70. The second kappa shape index (κ2) is 4.27. The number of nitrogens with two attached hydrogens (primary N) is 1. The molecule has 0 spiro atoms. The minimum Gasteiger partial charge on any atom is -0.452 e. The van der Waals surface area contributed by atoms with Gasteiger partial charge in [-0.05, 0) is 25.1 Å². The van der Waals surface area contributed by atoms with Crippen LogP contribution in [0.2, 0.25) is 0 Å². The van der Waals surface area contributed by atoms with Crippen LogP contribution >= 0.6 is 11.3 Å². The molecule has 0 saturated heterocycles. The molecular weight excluding hydrogens is 272 g/mol. The van der Waals surface area contributed by atoms with Crippen molar-refractivity contribution in [2.24, 2.45) is 0 Å². The second-order valence-corrected chi connectivity index (χ2v) is 5.25. The Morgan fingerprint density at radius 2 is 2.11 bits per heavy atom. The van der Waals surface area contributed by atoms with Crippen molar-refractivity contribution >= 4 is 27.4 Å². The predicted molar refractivity (Wildman–Crippen MR) is 69.2 cm³/mol. The van der Waals surface area contributed by atoms with E-state index in [0.29, 0.717) is 5.82 Å². The molecule has 0 amide bonds. The van der Waals surface area contributed by atoms with Crippen molar-refractivity contribution < 1.29 is 13.2 Å². The van der Waals surface area contributed by atoms with Crippen molar-refractivity contribution in [3.8, 4) is 11.6 Å². The number of nitrogen functional groups attached to an aromatic ring is 1. The van der Waals surface area contributed by atoms with Gasteiger partial charge in [0.2, 0.25) is 0 Å². The van der Waals surface area contributed by atoms with Gasteiger partial charge in [-0.1, -0.05) is 0 Å². The average Bonchev–Trinajstić information content (AvgIpc) is 2.94. The van der Waals surface area contributed by atoms with Crippen LogP contribution in [0.4, 0.5) is 14.6 Å². The zero-order valence-electron chi connectivity index (χ0n) is 9.85. The van der Waals surface area contributed by atoms with Crippen molar-refractivity contribution in [2.75, 3.05) is 5.73 Å². The number of aromatic nitrogens is 2. The third-order valence-corrected chi connectivity index (χ3v) is 3.55. The van der Waals surface area contributed by atoms with Crippen molar-refractivity contribution in [1.29, 1.82) is 0 Å². The monoisotopic (exact) mass is 281 g/mol. The molecule has 7 heteroatoms. The van der Waals surface area contributed by atoms with Crippen LogP contribution in [0.15, 0.2) is 22.6 Å². The van der Waals surface area contributed by atoms with Crippen LogP contribution in [0, 0.1) is 6.92 Å². The molecule has 0 fully saturated rings. The summed E-state index contributed by atoms with van der Waals surface area (Å²) in [6, 6.07) is 4.53. The Morgan fingerprint density at radius 3 is 2.79 bits per heavy atom. The van der Waals surface area contributed by atoms with Crippen LogP contribution in [-0.4, -0.2) is 9.97 Å². The molecule has 3 aromatic rings. The molecule has 0 atom stereocenters. The molecule has 0 aliphatic rings. The fraction of sp³-hybridized carbons (Fsp3) is 0.167. The van der Waals surface area contributed by atoms with Gasteiger partial charge in [0, 0.05) is 4.88 Å². The lowest BCUT2D eigenvalue weighted by molar-refractivity contribution is 0.122. The van der Waals surface area contributed by atoms with Crippen LogP contribution in [0.25, 0.3) is 21.8 Å². The van der Waals surface area contributed by atoms with Gasteiger partial charge < -0.3 is 10.2 Å². The van der Waals surface area contributed by atoms with Gasteiger partial charge in [0.15, 0.2) is 17.3 Å². The molecule has 0 saturated carbocycles. The molecule has 0 aliphatic heterocycles. The summed E-state index contributed by atoms with van der Waals surface area (Å²) in [5.41, 5.74) is 5.84. The fourth-order valence-electron chi connectivity index (χ4n) is 1.76. The summed E-state index contributed by atoms with van der Waals surface area (Å²) in [5.74, 6) is 0.327. The zero-order chi connectivity index (χ0) is 13.6. The maximum absolute atomic E-state index is 12.5. The number of anilines is 1. The third-order valence-electron chi connectivity index (χ3n) is 2.61. The lowest BCUT2D eigenvalue weighted by Gasteiger charge is -1.99. The third kappa shape index (κ3) is 2.06. The van der Waals surface area contributed by atoms with Crippen molar-refractivity contribution in [3.63, 3.8) is 0 Å². The van der Waals surface area contributed by atoms with E-state index in [2.05, 4.69) is 9.97 Å². The van der Waals surface area contributed by atoms with E-state index in [4.69, 9.17) is 10.2 Å². The summed E-state index contributed by atoms with van der Waals surface area (Å²) in [5, 5.41) is 0.770. The molecule has 4 nitrogen and oxygen atoms in total. The van der Waals surface area contributed by atoms with Gasteiger partial charge in [0.1, 0.15) is 10.6 Å². The van der Waals surface area contributed by atoms with E-state index in [1.165, 1.54) is 23.5 Å². The van der Waals surface area contributed by atoms with E-state index in [1.54, 1.807) is 0 Å². The highest BCUT2D eigenvalue weighted by Gasteiger charge is 2.16. The summed E-state index contributed by atoms with van der Waals surface area (Å²) >= 11 is 1.47. The highest BCUT2D eigenvalue weighted by atomic mass is 32.1. The number of alkyl halides is 2. The Hall–Kier alpha value is -2.02. The molecule has 98 valence electrons. The van der Waals surface area contributed by atoms with Crippen LogP contribution in [0.3, 0.4) is 0 Å². The molecule has 3 rings (SSSR count). The number of nitrogens with zero attached hydrogens (tertiary/aromatic N) is 2. The molecule has 0 bridgehead atoms. The first kappa shape index (κ1) is 12.0. The molecular formula is C12H9F2N3OS. The lowest BCUT2D eigenvalue weighted by atomic mass is 10.3. The number of aryl methyl sites for hydroxylation is 1. The van der Waals surface area contributed by atoms with Crippen molar-refractivity contribution in [2.45, 2.75) is 13.3 Å². The van der Waals surface area contributed by atoms with Crippen LogP contribution < -0.4 is 5.73 Å². The minimum absolute atomic E-state index is 0.190. The second-order valence-electron chi connectivity index (χ2n) is 4.01. The topological polar surface area (TPSA) is 64.9 Å². The van der Waals surface area contributed by atoms with Gasteiger partial charge in [0.05, 0.1) is 5.39 Å². The molecule has 3 aromatic heterocycles. The Balaban J connectivity index is 2.13. The van der Waals surface area contributed by atoms with Gasteiger partial charge >= 0.3 is 0 Å². The van der Waals surface area contributed by atoms with Gasteiger partial charge in [-0.3, -0.25) is 0 Å². The Morgan fingerprint density at radius 1 is 1.32 bits per heavy atom. The van der Waals surface area contributed by atoms with Crippen molar-refractivity contribution in [1.82, 2.24) is 9.97 Å². The van der Waals surface area contributed by atoms with Gasteiger partial charge in [-0.25, -0.2) is 18.7 Å². The fourth-order valence-corrected chi connectivity index (χ4v) is 2.65. The van der Waals surface area contributed by atoms with Crippen LogP contribution in [0.1, 0.15) is 17.1 Å². The maximum Gasteiger partial charge on any atom is 0.295 e. The molecule has 0 aliphatic carbocycles. The maximum atomic E-state index is 12.5. The number of fused-ring (bicyclic) bond motifs is 1. The summed E-state index contributed by atoms with van der Waals surface area (Å²) < 4.78 is 30.0. The Labute approximate surface area is 110 Å². The van der Waals surface area contributed by atoms with Crippen molar-refractivity contribution in [3.05, 3.63) is 28.8 Å². The number of rotatable bonds is 2. The number of thiophene rings is 1. The van der Waals surface area contributed by atoms with Crippen LogP contribution in [0.5, 0.6) is 0 Å². The average molecular weight is 281 g/mol. The molecule has 2 N–H and O–H groups in total. The van der Waals surface area contributed by atoms with E-state index in [9.17, 15) is 8.78 Å². The molecule has 0 aromatic carbocycles. The van der Waals surface area contributed by atoms with E-state index in [0.717, 1.165) is 15.1 Å². The normalized spacial score (nSPS) is 11.6. The highest BCUT2D eigenvalue weighted by Crippen LogP contribution is 2.31. The van der Waals surface area contributed by atoms with Gasteiger partial charge in [-0.15, -0.1) is 11.3 Å². The number of hydrogen-bond acceptors (Lipinski definition) is 5. The van der Waals surface area contributed by atoms with E-state index in [-0.39, 0.29) is 11.6 Å². The first-order valence-corrected chi connectivity index (χ1v) is 6.28. The zero-order valence-corrected chi connectivity index (χ0v) is 10.7. The van der Waals surface area contributed by atoms with Gasteiger partial charge in [0.25, 0.3) is 6.43 Å². The Bertz CT molecular complexity index is 751. The molecule has 0 unspecified atom stereocenters. The SMILES string of the molecule is Cc1cc2c(N)nc(-c3ccc(C(F)F)o3)nc2s1.